The van der Waals surface area contributed by atoms with E-state index in [0.29, 0.717) is 45.2 Å². The number of hydrogen-bond acceptors (Lipinski definition) is 3. The largest absolute Gasteiger partial charge is 0.450 e. The first-order valence-corrected chi connectivity index (χ1v) is 8.89. The van der Waals surface area contributed by atoms with Gasteiger partial charge in [0.15, 0.2) is 5.96 Å². The van der Waals surface area contributed by atoms with E-state index in [1.54, 1.807) is 11.8 Å². The molecular formula is C16H30F3IN4O2. The van der Waals surface area contributed by atoms with E-state index in [9.17, 15) is 18.0 Å². The predicted molar refractivity (Wildman–Crippen MR) is 106 cm³/mol. The molecule has 0 radical (unpaired) electrons. The quantitative estimate of drug-likeness (QED) is 0.246. The standard InChI is InChI=1S/C16H29F3N4O2.HI/c1-3-20-14(21-10-6-5-9-16(17,18)19)22-13-7-11-23(12-8-13)15(24)25-4-2;/h13H,3-12H2,1-2H3,(H2,20,21,22);1H. The van der Waals surface area contributed by atoms with Gasteiger partial charge in [-0.1, -0.05) is 0 Å². The van der Waals surface area contributed by atoms with E-state index in [-0.39, 0.29) is 42.5 Å². The molecule has 10 heteroatoms. The summed E-state index contributed by atoms with van der Waals surface area (Å²) in [6, 6.07) is 0.179. The Morgan fingerprint density at radius 3 is 2.42 bits per heavy atom. The summed E-state index contributed by atoms with van der Waals surface area (Å²) in [5.74, 6) is 0.615. The van der Waals surface area contributed by atoms with Crippen LogP contribution in [0.4, 0.5) is 18.0 Å². The van der Waals surface area contributed by atoms with Crippen molar-refractivity contribution in [1.82, 2.24) is 15.5 Å². The van der Waals surface area contributed by atoms with Gasteiger partial charge in [-0.25, -0.2) is 4.79 Å². The Kier molecular flexibility index (Phi) is 12.8. The maximum absolute atomic E-state index is 12.1. The smallest absolute Gasteiger partial charge is 0.409 e. The highest BCUT2D eigenvalue weighted by Crippen LogP contribution is 2.22. The molecule has 0 bridgehead atoms. The molecule has 0 spiro atoms. The summed E-state index contributed by atoms with van der Waals surface area (Å²) in [5, 5.41) is 6.40. The third-order valence-corrected chi connectivity index (χ3v) is 3.84. The van der Waals surface area contributed by atoms with E-state index < -0.39 is 12.6 Å². The minimum Gasteiger partial charge on any atom is -0.450 e. The maximum Gasteiger partial charge on any atom is 0.409 e. The summed E-state index contributed by atoms with van der Waals surface area (Å²) in [7, 11) is 0. The molecule has 0 aromatic heterocycles. The highest BCUT2D eigenvalue weighted by molar-refractivity contribution is 14.0. The molecule has 1 amide bonds. The molecule has 1 aliphatic rings. The molecule has 2 N–H and O–H groups in total. The van der Waals surface area contributed by atoms with E-state index in [0.717, 1.165) is 12.8 Å². The monoisotopic (exact) mass is 494 g/mol. The number of likely N-dealkylation sites (tertiary alicyclic amines) is 1. The van der Waals surface area contributed by atoms with Crippen LogP contribution in [0.3, 0.4) is 0 Å². The van der Waals surface area contributed by atoms with E-state index in [1.165, 1.54) is 0 Å². The normalized spacial score (nSPS) is 16.0. The van der Waals surface area contributed by atoms with E-state index in [4.69, 9.17) is 4.74 Å². The summed E-state index contributed by atoms with van der Waals surface area (Å²) in [5.41, 5.74) is 0. The van der Waals surface area contributed by atoms with Gasteiger partial charge in [0.2, 0.25) is 0 Å². The minimum absolute atomic E-state index is 0. The number of nitrogens with zero attached hydrogens (tertiary/aromatic N) is 2. The number of hydrogen-bond donors (Lipinski definition) is 2. The Balaban J connectivity index is 0.00000625. The first-order chi connectivity index (χ1) is 11.9. The second kappa shape index (κ2) is 13.3. The van der Waals surface area contributed by atoms with Crippen molar-refractivity contribution in [3.8, 4) is 0 Å². The number of guanidine groups is 1. The first kappa shape index (κ1) is 25.1. The van der Waals surface area contributed by atoms with Crippen molar-refractivity contribution in [3.05, 3.63) is 0 Å². The summed E-state index contributed by atoms with van der Waals surface area (Å²) in [6.07, 6.45) is -3.11. The van der Waals surface area contributed by atoms with Crippen LogP contribution in [0.2, 0.25) is 0 Å². The maximum atomic E-state index is 12.1. The third-order valence-electron chi connectivity index (χ3n) is 3.84. The Morgan fingerprint density at radius 1 is 1.23 bits per heavy atom. The molecule has 1 aliphatic heterocycles. The molecule has 1 saturated heterocycles. The van der Waals surface area contributed by atoms with E-state index in [2.05, 4.69) is 15.6 Å². The van der Waals surface area contributed by atoms with E-state index in [1.807, 2.05) is 6.92 Å². The zero-order valence-electron chi connectivity index (χ0n) is 15.4. The molecule has 0 unspecified atom stereocenters. The van der Waals surface area contributed by atoms with Crippen LogP contribution in [-0.2, 0) is 4.74 Å². The van der Waals surface area contributed by atoms with Gasteiger partial charge in [0.1, 0.15) is 0 Å². The zero-order valence-corrected chi connectivity index (χ0v) is 17.7. The average molecular weight is 494 g/mol. The number of aliphatic imine (C=N–C) groups is 1. The lowest BCUT2D eigenvalue weighted by atomic mass is 10.1. The predicted octanol–water partition coefficient (Wildman–Crippen LogP) is 3.51. The number of unbranched alkanes of at least 4 members (excludes halogenated alkanes) is 1. The lowest BCUT2D eigenvalue weighted by Crippen LogP contribution is -2.49. The zero-order chi connectivity index (χ0) is 18.7. The second-order valence-electron chi connectivity index (χ2n) is 5.94. The number of halogens is 4. The van der Waals surface area contributed by atoms with Gasteiger partial charge in [0.05, 0.1) is 6.61 Å². The Labute approximate surface area is 170 Å². The Bertz CT molecular complexity index is 428. The number of carbonyl (C=O) groups is 1. The van der Waals surface area contributed by atoms with Crippen molar-refractivity contribution >= 4 is 36.0 Å². The van der Waals surface area contributed by atoms with Gasteiger partial charge < -0.3 is 20.3 Å². The van der Waals surface area contributed by atoms with Crippen molar-refractivity contribution < 1.29 is 22.7 Å². The van der Waals surface area contributed by atoms with Crippen molar-refractivity contribution in [1.29, 1.82) is 0 Å². The number of rotatable bonds is 7. The van der Waals surface area contributed by atoms with Gasteiger partial charge in [0, 0.05) is 38.6 Å². The van der Waals surface area contributed by atoms with Crippen LogP contribution in [0, 0.1) is 0 Å². The van der Waals surface area contributed by atoms with Crippen molar-refractivity contribution in [2.24, 2.45) is 4.99 Å². The highest BCUT2D eigenvalue weighted by Gasteiger charge is 2.26. The van der Waals surface area contributed by atoms with Gasteiger partial charge in [0.25, 0.3) is 0 Å². The number of nitrogens with one attached hydrogen (secondary N) is 2. The summed E-state index contributed by atoms with van der Waals surface area (Å²) >= 11 is 0. The Hall–Kier alpha value is -0.940. The van der Waals surface area contributed by atoms with Crippen LogP contribution < -0.4 is 10.6 Å². The highest BCUT2D eigenvalue weighted by atomic mass is 127. The van der Waals surface area contributed by atoms with Gasteiger partial charge in [-0.15, -0.1) is 24.0 Å². The van der Waals surface area contributed by atoms with Crippen LogP contribution in [0.5, 0.6) is 0 Å². The van der Waals surface area contributed by atoms with Crippen LogP contribution in [0.15, 0.2) is 4.99 Å². The molecule has 154 valence electrons. The lowest BCUT2D eigenvalue weighted by Gasteiger charge is -2.32. The van der Waals surface area contributed by atoms with Gasteiger partial charge in [-0.2, -0.15) is 13.2 Å². The summed E-state index contributed by atoms with van der Waals surface area (Å²) in [4.78, 5) is 17.7. The number of piperidine rings is 1. The average Bonchev–Trinajstić information content (AvgIpc) is 2.54. The third kappa shape index (κ3) is 10.9. The topological polar surface area (TPSA) is 66.0 Å². The van der Waals surface area contributed by atoms with Crippen LogP contribution in [0.25, 0.3) is 0 Å². The molecule has 0 aromatic carbocycles. The molecule has 6 nitrogen and oxygen atoms in total. The SMILES string of the molecule is CCNC(=NCCCCC(F)(F)F)NC1CCN(C(=O)OCC)CC1.I. The molecule has 1 fully saturated rings. The van der Waals surface area contributed by atoms with Crippen LogP contribution >= 0.6 is 24.0 Å². The van der Waals surface area contributed by atoms with Gasteiger partial charge in [-0.05, 0) is 39.5 Å². The van der Waals surface area contributed by atoms with Crippen LogP contribution in [-0.4, -0.2) is 62.0 Å². The fourth-order valence-electron chi connectivity index (χ4n) is 2.56. The van der Waals surface area contributed by atoms with E-state index >= 15 is 0 Å². The number of amides is 1. The molecule has 0 atom stereocenters. The Morgan fingerprint density at radius 2 is 1.88 bits per heavy atom. The molecule has 0 saturated carbocycles. The molecule has 1 heterocycles. The number of alkyl halides is 3. The minimum atomic E-state index is -4.10. The van der Waals surface area contributed by atoms with Crippen molar-refractivity contribution in [3.63, 3.8) is 0 Å². The van der Waals surface area contributed by atoms with Crippen molar-refractivity contribution in [2.45, 2.75) is 58.2 Å². The fourth-order valence-corrected chi connectivity index (χ4v) is 2.56. The lowest BCUT2D eigenvalue weighted by molar-refractivity contribution is -0.135. The molecule has 1 rings (SSSR count). The second-order valence-corrected chi connectivity index (χ2v) is 5.94. The molecular weight excluding hydrogens is 464 g/mol. The van der Waals surface area contributed by atoms with Crippen LogP contribution in [0.1, 0.15) is 46.0 Å². The summed E-state index contributed by atoms with van der Waals surface area (Å²) in [6.45, 7) is 6.33. The first-order valence-electron chi connectivity index (χ1n) is 8.89. The van der Waals surface area contributed by atoms with Gasteiger partial charge >= 0.3 is 12.3 Å². The molecule has 0 aromatic rings. The fraction of sp³-hybridized carbons (Fsp3) is 0.875. The number of ether oxygens (including phenoxy) is 1. The van der Waals surface area contributed by atoms with Gasteiger partial charge in [-0.3, -0.25) is 4.99 Å². The summed E-state index contributed by atoms with van der Waals surface area (Å²) < 4.78 is 41.3. The molecule has 26 heavy (non-hydrogen) atoms. The molecule has 0 aliphatic carbocycles. The van der Waals surface area contributed by atoms with Crippen molar-refractivity contribution in [2.75, 3.05) is 32.8 Å². The number of carbonyl (C=O) groups excluding carboxylic acids is 1.